The van der Waals surface area contributed by atoms with Crippen LogP contribution in [-0.4, -0.2) is 30.1 Å². The summed E-state index contributed by atoms with van der Waals surface area (Å²) < 4.78 is 0. The maximum Gasteiger partial charge on any atom is 0.306 e. The van der Waals surface area contributed by atoms with Gasteiger partial charge in [0.2, 0.25) is 0 Å². The molecule has 0 amide bonds. The molecule has 1 aliphatic rings. The molecule has 0 bridgehead atoms. The molecule has 1 aromatic carbocycles. The predicted octanol–water partition coefficient (Wildman–Crippen LogP) is 2.66. The number of halogens is 1. The van der Waals surface area contributed by atoms with Gasteiger partial charge < -0.3 is 10.0 Å². The predicted molar refractivity (Wildman–Crippen MR) is 67.1 cm³/mol. The van der Waals surface area contributed by atoms with Gasteiger partial charge >= 0.3 is 5.97 Å². The summed E-state index contributed by atoms with van der Waals surface area (Å²) in [4.78, 5) is 13.0. The van der Waals surface area contributed by atoms with Crippen LogP contribution in [0.1, 0.15) is 18.0 Å². The molecule has 1 fully saturated rings. The van der Waals surface area contributed by atoms with Gasteiger partial charge in [-0.2, -0.15) is 0 Å². The van der Waals surface area contributed by atoms with Gasteiger partial charge in [-0.25, -0.2) is 0 Å². The van der Waals surface area contributed by atoms with Crippen molar-refractivity contribution in [2.24, 2.45) is 11.8 Å². The van der Waals surface area contributed by atoms with Gasteiger partial charge in [0.1, 0.15) is 0 Å². The summed E-state index contributed by atoms with van der Waals surface area (Å²) in [5.74, 6) is -0.669. The number of hydrogen-bond donors (Lipinski definition) is 1. The second-order valence-corrected chi connectivity index (χ2v) is 5.24. The monoisotopic (exact) mass is 253 g/mol. The van der Waals surface area contributed by atoms with Gasteiger partial charge in [0.15, 0.2) is 0 Å². The van der Waals surface area contributed by atoms with E-state index in [0.717, 1.165) is 12.0 Å². The number of benzene rings is 1. The van der Waals surface area contributed by atoms with Crippen LogP contribution in [0.4, 0.5) is 0 Å². The van der Waals surface area contributed by atoms with E-state index in [1.54, 1.807) is 0 Å². The lowest BCUT2D eigenvalue weighted by Crippen LogP contribution is -2.23. The van der Waals surface area contributed by atoms with Crippen molar-refractivity contribution in [1.29, 1.82) is 0 Å². The fourth-order valence-electron chi connectivity index (χ4n) is 2.44. The Labute approximate surface area is 106 Å². The third-order valence-corrected chi connectivity index (χ3v) is 3.58. The number of carboxylic acids is 1. The van der Waals surface area contributed by atoms with Crippen LogP contribution in [-0.2, 0) is 4.79 Å². The second kappa shape index (κ2) is 4.67. The summed E-state index contributed by atoms with van der Waals surface area (Å²) in [5.41, 5.74) is 1.13. The van der Waals surface area contributed by atoms with E-state index in [0.29, 0.717) is 5.02 Å². The molecule has 0 spiro atoms. The molecule has 1 N–H and O–H groups in total. The minimum absolute atomic E-state index is 0.161. The minimum Gasteiger partial charge on any atom is -0.481 e. The van der Waals surface area contributed by atoms with Crippen LogP contribution in [0.15, 0.2) is 24.3 Å². The summed E-state index contributed by atoms with van der Waals surface area (Å²) in [6, 6.07) is 7.82. The third kappa shape index (κ3) is 2.61. The van der Waals surface area contributed by atoms with Crippen molar-refractivity contribution >= 4 is 17.6 Å². The first kappa shape index (κ1) is 12.4. The normalized spacial score (nSPS) is 24.7. The van der Waals surface area contributed by atoms with Gasteiger partial charge in [-0.1, -0.05) is 23.7 Å². The van der Waals surface area contributed by atoms with E-state index in [2.05, 4.69) is 4.90 Å². The molecule has 17 heavy (non-hydrogen) atoms. The molecule has 1 aromatic rings. The summed E-state index contributed by atoms with van der Waals surface area (Å²) in [6.45, 7) is 0. The molecular formula is C13H16ClNO2. The standard InChI is InChI=1S/C13H16ClNO2/c1-15(2)12(10-7-11(10)13(16)17)8-3-5-9(14)6-4-8/h3-6,10-12H,7H2,1-2H3,(H,16,17). The lowest BCUT2D eigenvalue weighted by atomic mass is 10.00. The van der Waals surface area contributed by atoms with Gasteiger partial charge in [0.25, 0.3) is 0 Å². The smallest absolute Gasteiger partial charge is 0.306 e. The molecule has 1 aliphatic carbocycles. The number of nitrogens with zero attached hydrogens (tertiary/aromatic N) is 1. The van der Waals surface area contributed by atoms with E-state index in [1.807, 2.05) is 38.4 Å². The third-order valence-electron chi connectivity index (χ3n) is 3.33. The van der Waals surface area contributed by atoms with Crippen LogP contribution in [0.3, 0.4) is 0 Å². The zero-order valence-corrected chi connectivity index (χ0v) is 10.7. The summed E-state index contributed by atoms with van der Waals surface area (Å²) >= 11 is 5.86. The Bertz CT molecular complexity index is 416. The van der Waals surface area contributed by atoms with Crippen molar-refractivity contribution in [3.8, 4) is 0 Å². The maximum atomic E-state index is 10.9. The van der Waals surface area contributed by atoms with E-state index < -0.39 is 5.97 Å². The van der Waals surface area contributed by atoms with E-state index in [-0.39, 0.29) is 17.9 Å². The molecule has 2 rings (SSSR count). The molecule has 1 saturated carbocycles. The van der Waals surface area contributed by atoms with Crippen molar-refractivity contribution in [1.82, 2.24) is 4.90 Å². The van der Waals surface area contributed by atoms with Crippen LogP contribution in [0, 0.1) is 11.8 Å². The Morgan fingerprint density at radius 3 is 2.41 bits per heavy atom. The fraction of sp³-hybridized carbons (Fsp3) is 0.462. The summed E-state index contributed by atoms with van der Waals surface area (Å²) in [5, 5.41) is 9.71. The lowest BCUT2D eigenvalue weighted by molar-refractivity contribution is -0.139. The fourth-order valence-corrected chi connectivity index (χ4v) is 2.56. The second-order valence-electron chi connectivity index (χ2n) is 4.80. The Kier molecular flexibility index (Phi) is 3.40. The Balaban J connectivity index is 2.19. The molecular weight excluding hydrogens is 238 g/mol. The van der Waals surface area contributed by atoms with Crippen molar-refractivity contribution in [2.45, 2.75) is 12.5 Å². The molecule has 3 nitrogen and oxygen atoms in total. The highest BCUT2D eigenvalue weighted by Gasteiger charge is 2.49. The molecule has 4 heteroatoms. The largest absolute Gasteiger partial charge is 0.481 e. The molecule has 92 valence electrons. The quantitative estimate of drug-likeness (QED) is 0.897. The topological polar surface area (TPSA) is 40.5 Å². The van der Waals surface area contributed by atoms with Gasteiger partial charge in [-0.3, -0.25) is 4.79 Å². The first-order valence-electron chi connectivity index (χ1n) is 5.65. The highest BCUT2D eigenvalue weighted by molar-refractivity contribution is 6.30. The molecule has 0 aliphatic heterocycles. The van der Waals surface area contributed by atoms with E-state index in [4.69, 9.17) is 16.7 Å². The molecule has 0 radical (unpaired) electrons. The van der Waals surface area contributed by atoms with Gasteiger partial charge in [-0.05, 0) is 44.1 Å². The summed E-state index contributed by atoms with van der Waals surface area (Å²) in [6.07, 6.45) is 0.765. The van der Waals surface area contributed by atoms with Crippen molar-refractivity contribution < 1.29 is 9.90 Å². The van der Waals surface area contributed by atoms with Gasteiger partial charge in [0, 0.05) is 11.1 Å². The van der Waals surface area contributed by atoms with E-state index in [9.17, 15) is 4.79 Å². The van der Waals surface area contributed by atoms with Crippen molar-refractivity contribution in [2.75, 3.05) is 14.1 Å². The Morgan fingerprint density at radius 1 is 1.41 bits per heavy atom. The molecule has 0 saturated heterocycles. The Morgan fingerprint density at radius 2 is 2.00 bits per heavy atom. The zero-order valence-electron chi connectivity index (χ0n) is 9.93. The number of rotatable bonds is 4. The highest BCUT2D eigenvalue weighted by atomic mass is 35.5. The molecule has 3 unspecified atom stereocenters. The first-order valence-corrected chi connectivity index (χ1v) is 6.03. The van der Waals surface area contributed by atoms with Crippen LogP contribution in [0.5, 0.6) is 0 Å². The van der Waals surface area contributed by atoms with Gasteiger partial charge in [-0.15, -0.1) is 0 Å². The van der Waals surface area contributed by atoms with Crippen LogP contribution in [0.25, 0.3) is 0 Å². The minimum atomic E-state index is -0.684. The highest BCUT2D eigenvalue weighted by Crippen LogP contribution is 2.49. The molecule has 0 heterocycles. The van der Waals surface area contributed by atoms with E-state index in [1.165, 1.54) is 0 Å². The number of carboxylic acid groups (broad SMARTS) is 1. The lowest BCUT2D eigenvalue weighted by Gasteiger charge is -2.25. The molecule has 0 aromatic heterocycles. The summed E-state index contributed by atoms with van der Waals surface area (Å²) in [7, 11) is 3.97. The number of carbonyl (C=O) groups is 1. The van der Waals surface area contributed by atoms with Crippen LogP contribution < -0.4 is 0 Å². The number of aliphatic carboxylic acids is 1. The SMILES string of the molecule is CN(C)C(c1ccc(Cl)cc1)C1CC1C(=O)O. The van der Waals surface area contributed by atoms with E-state index >= 15 is 0 Å². The average Bonchev–Trinajstić information content (AvgIpc) is 3.01. The average molecular weight is 254 g/mol. The van der Waals surface area contributed by atoms with Crippen molar-refractivity contribution in [3.63, 3.8) is 0 Å². The Hall–Kier alpha value is -1.06. The van der Waals surface area contributed by atoms with Crippen LogP contribution >= 0.6 is 11.6 Å². The van der Waals surface area contributed by atoms with Crippen LogP contribution in [0.2, 0.25) is 5.02 Å². The zero-order chi connectivity index (χ0) is 12.6. The maximum absolute atomic E-state index is 10.9. The van der Waals surface area contributed by atoms with Gasteiger partial charge in [0.05, 0.1) is 5.92 Å². The number of hydrogen-bond acceptors (Lipinski definition) is 2. The van der Waals surface area contributed by atoms with Crippen molar-refractivity contribution in [3.05, 3.63) is 34.9 Å². The molecule has 3 atom stereocenters. The first-order chi connectivity index (χ1) is 8.00.